The van der Waals surface area contributed by atoms with Gasteiger partial charge >= 0.3 is 0 Å². The Labute approximate surface area is 171 Å². The molecule has 0 aliphatic carbocycles. The Balaban J connectivity index is 1.92. The van der Waals surface area contributed by atoms with E-state index in [0.29, 0.717) is 23.6 Å². The first-order valence-corrected chi connectivity index (χ1v) is 10.1. The van der Waals surface area contributed by atoms with E-state index in [1.807, 2.05) is 32.0 Å². The van der Waals surface area contributed by atoms with Gasteiger partial charge in [-0.15, -0.1) is 0 Å². The highest BCUT2D eigenvalue weighted by Crippen LogP contribution is 2.29. The summed E-state index contributed by atoms with van der Waals surface area (Å²) in [6.45, 7) is 6.81. The van der Waals surface area contributed by atoms with Crippen molar-refractivity contribution in [3.05, 3.63) is 41.7 Å². The number of benzene rings is 1. The molecular weight excluding hydrogens is 364 g/mol. The van der Waals surface area contributed by atoms with Gasteiger partial charge in [0.25, 0.3) is 5.91 Å². The molecule has 0 bridgehead atoms. The van der Waals surface area contributed by atoms with Gasteiger partial charge in [0.2, 0.25) is 0 Å². The predicted octanol–water partition coefficient (Wildman–Crippen LogP) is 2.73. The van der Waals surface area contributed by atoms with E-state index < -0.39 is 0 Å². The van der Waals surface area contributed by atoms with Gasteiger partial charge in [-0.2, -0.15) is 0 Å². The Morgan fingerprint density at radius 3 is 2.93 bits per heavy atom. The molecule has 1 saturated heterocycles. The number of amides is 1. The minimum absolute atomic E-state index is 0.124. The number of nitrogens with zero attached hydrogens (tertiary/aromatic N) is 1. The van der Waals surface area contributed by atoms with Gasteiger partial charge in [0.1, 0.15) is 0 Å². The topological polar surface area (TPSA) is 116 Å². The number of aromatic nitrogens is 1. The van der Waals surface area contributed by atoms with Crippen LogP contribution in [0.2, 0.25) is 0 Å². The quantitative estimate of drug-likeness (QED) is 0.442. The van der Waals surface area contributed by atoms with Crippen LogP contribution in [0.5, 0.6) is 0 Å². The highest BCUT2D eigenvalue weighted by molar-refractivity contribution is 6.11. The van der Waals surface area contributed by atoms with E-state index >= 15 is 0 Å². The molecule has 1 aromatic heterocycles. The van der Waals surface area contributed by atoms with E-state index in [0.717, 1.165) is 41.7 Å². The van der Waals surface area contributed by atoms with Crippen LogP contribution < -0.4 is 21.7 Å². The fourth-order valence-corrected chi connectivity index (χ4v) is 3.66. The molecule has 1 aromatic carbocycles. The summed E-state index contributed by atoms with van der Waals surface area (Å²) >= 11 is 0. The van der Waals surface area contributed by atoms with Crippen LogP contribution in [-0.2, 0) is 0 Å². The van der Waals surface area contributed by atoms with E-state index in [1.165, 1.54) is 18.8 Å². The second kappa shape index (κ2) is 9.52. The second-order valence-electron chi connectivity index (χ2n) is 7.75. The van der Waals surface area contributed by atoms with E-state index in [4.69, 9.17) is 11.1 Å². The molecular formula is C22H30N6O. The summed E-state index contributed by atoms with van der Waals surface area (Å²) in [4.78, 5) is 17.4. The van der Waals surface area contributed by atoms with Gasteiger partial charge in [0.05, 0.1) is 16.8 Å². The summed E-state index contributed by atoms with van der Waals surface area (Å²) < 4.78 is 0. The van der Waals surface area contributed by atoms with Crippen LogP contribution in [0.15, 0.2) is 30.6 Å². The lowest BCUT2D eigenvalue weighted by Gasteiger charge is -2.18. The van der Waals surface area contributed by atoms with Crippen LogP contribution in [0.4, 0.5) is 5.69 Å². The molecule has 0 saturated carbocycles. The highest BCUT2D eigenvalue weighted by Gasteiger charge is 2.18. The van der Waals surface area contributed by atoms with E-state index in [9.17, 15) is 4.79 Å². The van der Waals surface area contributed by atoms with Gasteiger partial charge < -0.3 is 27.1 Å². The summed E-state index contributed by atoms with van der Waals surface area (Å²) in [5.41, 5.74) is 9.15. The van der Waals surface area contributed by atoms with Crippen LogP contribution in [0, 0.1) is 11.3 Å². The molecule has 1 unspecified atom stereocenters. The molecule has 154 valence electrons. The molecule has 1 amide bonds. The van der Waals surface area contributed by atoms with Gasteiger partial charge in [-0.1, -0.05) is 6.07 Å². The number of allylic oxidation sites excluding steroid dienone is 1. The molecule has 1 atom stereocenters. The molecule has 7 heteroatoms. The molecule has 1 fully saturated rings. The predicted molar refractivity (Wildman–Crippen MR) is 119 cm³/mol. The average molecular weight is 395 g/mol. The normalized spacial score (nSPS) is 16.9. The van der Waals surface area contributed by atoms with Crippen LogP contribution in [-0.4, -0.2) is 42.8 Å². The smallest absolute Gasteiger partial charge is 0.254 e. The zero-order valence-electron chi connectivity index (χ0n) is 17.1. The summed E-state index contributed by atoms with van der Waals surface area (Å²) in [6, 6.07) is 5.84. The summed E-state index contributed by atoms with van der Waals surface area (Å²) in [7, 11) is 0. The standard InChI is InChI=1S/C22H30N6O/c1-14(2)28-21-18-9-16(17(10-23)11-24)3-4-20(18)27-13-19(21)22(29)26-8-6-15-5-7-25-12-15/h3-4,9-11,13-15,23,25H,5-8,12,24H2,1-2H3,(H,26,29)(H,27,28)/b17-11+,23-10?. The first-order valence-electron chi connectivity index (χ1n) is 10.1. The van der Waals surface area contributed by atoms with Crippen molar-refractivity contribution in [1.29, 1.82) is 5.41 Å². The van der Waals surface area contributed by atoms with E-state index in [2.05, 4.69) is 20.9 Å². The van der Waals surface area contributed by atoms with Gasteiger partial charge in [-0.25, -0.2) is 0 Å². The highest BCUT2D eigenvalue weighted by atomic mass is 16.1. The van der Waals surface area contributed by atoms with Crippen LogP contribution in [0.3, 0.4) is 0 Å². The summed E-state index contributed by atoms with van der Waals surface area (Å²) in [5.74, 6) is 0.504. The van der Waals surface area contributed by atoms with Crippen molar-refractivity contribution in [3.8, 4) is 0 Å². The van der Waals surface area contributed by atoms with Crippen molar-refractivity contribution < 1.29 is 4.79 Å². The van der Waals surface area contributed by atoms with E-state index in [-0.39, 0.29) is 11.9 Å². The second-order valence-corrected chi connectivity index (χ2v) is 7.75. The Kier molecular flexibility index (Phi) is 6.82. The lowest BCUT2D eigenvalue weighted by molar-refractivity contribution is 0.0952. The largest absolute Gasteiger partial charge is 0.404 e. The zero-order chi connectivity index (χ0) is 20.8. The van der Waals surface area contributed by atoms with Crippen molar-refractivity contribution in [2.24, 2.45) is 11.7 Å². The maximum atomic E-state index is 12.9. The SMILES string of the molecule is CC(C)Nc1c(C(=O)NCCC2CCNC2)cnc2ccc(/C(C=N)=C/N)cc12. The third kappa shape index (κ3) is 4.92. The number of rotatable bonds is 8. The lowest BCUT2D eigenvalue weighted by atomic mass is 10.0. The number of anilines is 1. The number of fused-ring (bicyclic) bond motifs is 1. The van der Waals surface area contributed by atoms with Gasteiger partial charge in [-0.05, 0) is 63.4 Å². The summed E-state index contributed by atoms with van der Waals surface area (Å²) in [5, 5.41) is 18.2. The third-order valence-corrected chi connectivity index (χ3v) is 5.21. The molecule has 29 heavy (non-hydrogen) atoms. The van der Waals surface area contributed by atoms with Gasteiger partial charge in [0.15, 0.2) is 0 Å². The number of nitrogens with two attached hydrogens (primary N) is 1. The van der Waals surface area contributed by atoms with Crippen LogP contribution in [0.1, 0.15) is 42.6 Å². The van der Waals surface area contributed by atoms with Crippen molar-refractivity contribution in [2.75, 3.05) is 25.0 Å². The molecule has 3 rings (SSSR count). The van der Waals surface area contributed by atoms with Crippen molar-refractivity contribution in [1.82, 2.24) is 15.6 Å². The first-order chi connectivity index (χ1) is 14.0. The number of hydrogen-bond acceptors (Lipinski definition) is 6. The maximum Gasteiger partial charge on any atom is 0.254 e. The fourth-order valence-electron chi connectivity index (χ4n) is 3.66. The van der Waals surface area contributed by atoms with Crippen LogP contribution in [0.25, 0.3) is 16.5 Å². The first kappa shape index (κ1) is 20.8. The molecule has 6 N–H and O–H groups in total. The summed E-state index contributed by atoms with van der Waals surface area (Å²) in [6.07, 6.45) is 6.40. The molecule has 1 aliphatic heterocycles. The number of nitrogens with one attached hydrogen (secondary N) is 4. The molecule has 1 aliphatic rings. The molecule has 0 radical (unpaired) electrons. The Bertz CT molecular complexity index is 915. The number of hydrogen-bond donors (Lipinski definition) is 5. The molecule has 7 nitrogen and oxygen atoms in total. The Hall–Kier alpha value is -2.93. The zero-order valence-corrected chi connectivity index (χ0v) is 17.1. The lowest BCUT2D eigenvalue weighted by Crippen LogP contribution is -2.28. The Morgan fingerprint density at radius 2 is 2.28 bits per heavy atom. The number of pyridine rings is 1. The molecule has 2 aromatic rings. The van der Waals surface area contributed by atoms with E-state index in [1.54, 1.807) is 6.20 Å². The minimum Gasteiger partial charge on any atom is -0.404 e. The number of carbonyl (C=O) groups is 1. The Morgan fingerprint density at radius 1 is 1.45 bits per heavy atom. The van der Waals surface area contributed by atoms with Crippen molar-refractivity contribution >= 4 is 34.3 Å². The third-order valence-electron chi connectivity index (χ3n) is 5.21. The maximum absolute atomic E-state index is 12.9. The van der Waals surface area contributed by atoms with Gasteiger partial charge in [0, 0.05) is 42.2 Å². The number of carbonyl (C=O) groups excluding carboxylic acids is 1. The monoisotopic (exact) mass is 394 g/mol. The van der Waals surface area contributed by atoms with Crippen molar-refractivity contribution in [3.63, 3.8) is 0 Å². The van der Waals surface area contributed by atoms with Crippen LogP contribution >= 0.6 is 0 Å². The fraction of sp³-hybridized carbons (Fsp3) is 0.409. The van der Waals surface area contributed by atoms with Crippen molar-refractivity contribution in [2.45, 2.75) is 32.7 Å². The minimum atomic E-state index is -0.124. The average Bonchev–Trinajstić information content (AvgIpc) is 3.22. The molecule has 2 heterocycles. The molecule has 0 spiro atoms. The van der Waals surface area contributed by atoms with Gasteiger partial charge in [-0.3, -0.25) is 9.78 Å².